The van der Waals surface area contributed by atoms with Gasteiger partial charge in [0.15, 0.2) is 0 Å². The van der Waals surface area contributed by atoms with Gasteiger partial charge in [0.25, 0.3) is 0 Å². The van der Waals surface area contributed by atoms with Gasteiger partial charge in [-0.25, -0.2) is 4.39 Å². The maximum Gasteiger partial charge on any atom is 0.123 e. The van der Waals surface area contributed by atoms with E-state index >= 15 is 0 Å². The molecular formula is C21H26FNO2. The van der Waals surface area contributed by atoms with Gasteiger partial charge in [0, 0.05) is 12.1 Å². The van der Waals surface area contributed by atoms with Gasteiger partial charge in [0.1, 0.15) is 11.6 Å². The van der Waals surface area contributed by atoms with E-state index in [-0.39, 0.29) is 18.0 Å². The van der Waals surface area contributed by atoms with E-state index in [0.29, 0.717) is 6.04 Å². The lowest BCUT2D eigenvalue weighted by Gasteiger charge is -2.31. The smallest absolute Gasteiger partial charge is 0.123 e. The molecule has 2 aromatic carbocycles. The zero-order chi connectivity index (χ0) is 17.6. The highest BCUT2D eigenvalue weighted by Crippen LogP contribution is 2.26. The van der Waals surface area contributed by atoms with Crippen molar-refractivity contribution >= 4 is 0 Å². The molecule has 0 aromatic heterocycles. The van der Waals surface area contributed by atoms with Gasteiger partial charge in [0.2, 0.25) is 0 Å². The second-order valence-corrected chi connectivity index (χ2v) is 6.83. The SMILES string of the molecule is COc1ccc(C(Cc2ccc(F)cc2)NC2CCC(O)CC2)cc1. The molecule has 1 aliphatic carbocycles. The van der Waals surface area contributed by atoms with Gasteiger partial charge in [0.05, 0.1) is 13.2 Å². The average Bonchev–Trinajstić information content (AvgIpc) is 2.65. The highest BCUT2D eigenvalue weighted by molar-refractivity contribution is 5.30. The number of methoxy groups -OCH3 is 1. The molecule has 3 rings (SSSR count). The van der Waals surface area contributed by atoms with Gasteiger partial charge in [-0.05, 0) is 67.5 Å². The molecule has 2 N–H and O–H groups in total. The highest BCUT2D eigenvalue weighted by Gasteiger charge is 2.23. The number of nitrogens with one attached hydrogen (secondary N) is 1. The Morgan fingerprint density at radius 1 is 1.04 bits per heavy atom. The molecule has 1 atom stereocenters. The number of aliphatic hydroxyl groups excluding tert-OH is 1. The summed E-state index contributed by atoms with van der Waals surface area (Å²) in [6, 6.07) is 15.4. The van der Waals surface area contributed by atoms with Crippen molar-refractivity contribution in [3.8, 4) is 5.75 Å². The van der Waals surface area contributed by atoms with Crippen molar-refractivity contribution in [2.45, 2.75) is 50.3 Å². The van der Waals surface area contributed by atoms with Crippen LogP contribution in [0.15, 0.2) is 48.5 Å². The Bertz CT molecular complexity index is 649. The van der Waals surface area contributed by atoms with E-state index in [0.717, 1.165) is 43.4 Å². The zero-order valence-corrected chi connectivity index (χ0v) is 14.6. The molecule has 1 fully saturated rings. The first-order chi connectivity index (χ1) is 12.1. The van der Waals surface area contributed by atoms with Crippen LogP contribution in [0.5, 0.6) is 5.75 Å². The number of halogens is 1. The van der Waals surface area contributed by atoms with E-state index in [1.165, 1.54) is 17.7 Å². The summed E-state index contributed by atoms with van der Waals surface area (Å²) in [6.45, 7) is 0. The monoisotopic (exact) mass is 343 g/mol. The lowest BCUT2D eigenvalue weighted by Crippen LogP contribution is -2.37. The molecule has 3 nitrogen and oxygen atoms in total. The minimum absolute atomic E-state index is 0.150. The van der Waals surface area contributed by atoms with E-state index in [1.54, 1.807) is 7.11 Å². The molecule has 1 unspecified atom stereocenters. The highest BCUT2D eigenvalue weighted by atomic mass is 19.1. The second kappa shape index (κ2) is 8.45. The van der Waals surface area contributed by atoms with Crippen LogP contribution in [-0.2, 0) is 6.42 Å². The molecule has 0 amide bonds. The first-order valence-corrected chi connectivity index (χ1v) is 8.96. The molecule has 2 aromatic rings. The van der Waals surface area contributed by atoms with E-state index < -0.39 is 0 Å². The number of benzene rings is 2. The minimum Gasteiger partial charge on any atom is -0.497 e. The van der Waals surface area contributed by atoms with Gasteiger partial charge in [-0.15, -0.1) is 0 Å². The number of rotatable bonds is 6. The number of aliphatic hydroxyl groups is 1. The van der Waals surface area contributed by atoms with Gasteiger partial charge < -0.3 is 15.2 Å². The van der Waals surface area contributed by atoms with Crippen molar-refractivity contribution in [3.63, 3.8) is 0 Å². The molecule has 0 heterocycles. The van der Waals surface area contributed by atoms with Crippen molar-refractivity contribution < 1.29 is 14.2 Å². The fourth-order valence-electron chi connectivity index (χ4n) is 3.49. The predicted octanol–water partition coefficient (Wildman–Crippen LogP) is 4.01. The summed E-state index contributed by atoms with van der Waals surface area (Å²) in [5, 5.41) is 13.5. The lowest BCUT2D eigenvalue weighted by molar-refractivity contribution is 0.114. The van der Waals surface area contributed by atoms with Crippen molar-refractivity contribution in [2.75, 3.05) is 7.11 Å². The molecule has 1 aliphatic rings. The van der Waals surface area contributed by atoms with Gasteiger partial charge in [-0.1, -0.05) is 24.3 Å². The van der Waals surface area contributed by atoms with Crippen LogP contribution in [0.25, 0.3) is 0 Å². The van der Waals surface area contributed by atoms with E-state index in [2.05, 4.69) is 17.4 Å². The van der Waals surface area contributed by atoms with Crippen LogP contribution in [0.2, 0.25) is 0 Å². The van der Waals surface area contributed by atoms with Crippen molar-refractivity contribution in [1.82, 2.24) is 5.32 Å². The first-order valence-electron chi connectivity index (χ1n) is 8.96. The fourth-order valence-corrected chi connectivity index (χ4v) is 3.49. The summed E-state index contributed by atoms with van der Waals surface area (Å²) in [7, 11) is 1.66. The Hall–Kier alpha value is -1.91. The standard InChI is InChI=1S/C21H26FNO2/c1-25-20-12-4-16(5-13-20)21(14-15-2-6-17(22)7-3-15)23-18-8-10-19(24)11-9-18/h2-7,12-13,18-19,21,23-24H,8-11,14H2,1H3. The van der Waals surface area contributed by atoms with Crippen LogP contribution in [0, 0.1) is 5.82 Å². The van der Waals surface area contributed by atoms with Crippen molar-refractivity contribution in [1.29, 1.82) is 0 Å². The van der Waals surface area contributed by atoms with Crippen molar-refractivity contribution in [2.24, 2.45) is 0 Å². The molecule has 25 heavy (non-hydrogen) atoms. The molecule has 0 bridgehead atoms. The summed E-state index contributed by atoms with van der Waals surface area (Å²) >= 11 is 0. The summed E-state index contributed by atoms with van der Waals surface area (Å²) in [4.78, 5) is 0. The maximum absolute atomic E-state index is 13.2. The van der Waals surface area contributed by atoms with E-state index in [1.807, 2.05) is 24.3 Å². The number of ether oxygens (including phenoxy) is 1. The average molecular weight is 343 g/mol. The normalized spacial score (nSPS) is 21.7. The maximum atomic E-state index is 13.2. The summed E-state index contributed by atoms with van der Waals surface area (Å²) in [5.74, 6) is 0.629. The fraction of sp³-hybridized carbons (Fsp3) is 0.429. The quantitative estimate of drug-likeness (QED) is 0.833. The topological polar surface area (TPSA) is 41.5 Å². The second-order valence-electron chi connectivity index (χ2n) is 6.83. The third-order valence-corrected chi connectivity index (χ3v) is 5.00. The largest absolute Gasteiger partial charge is 0.497 e. The van der Waals surface area contributed by atoms with Crippen LogP contribution in [0.4, 0.5) is 4.39 Å². The Morgan fingerprint density at radius 3 is 2.28 bits per heavy atom. The molecular weight excluding hydrogens is 317 g/mol. The molecule has 0 radical (unpaired) electrons. The summed E-state index contributed by atoms with van der Waals surface area (Å²) < 4.78 is 18.4. The van der Waals surface area contributed by atoms with Crippen molar-refractivity contribution in [3.05, 3.63) is 65.5 Å². The number of hydrogen-bond donors (Lipinski definition) is 2. The lowest BCUT2D eigenvalue weighted by atomic mass is 9.90. The summed E-state index contributed by atoms with van der Waals surface area (Å²) in [6.07, 6.45) is 4.31. The van der Waals surface area contributed by atoms with E-state index in [9.17, 15) is 9.50 Å². The molecule has 0 saturated heterocycles. The minimum atomic E-state index is -0.209. The van der Waals surface area contributed by atoms with Gasteiger partial charge >= 0.3 is 0 Å². The molecule has 1 saturated carbocycles. The Labute approximate surface area is 148 Å². The third-order valence-electron chi connectivity index (χ3n) is 5.00. The Morgan fingerprint density at radius 2 is 1.68 bits per heavy atom. The third kappa shape index (κ3) is 5.03. The zero-order valence-electron chi connectivity index (χ0n) is 14.6. The molecule has 0 aliphatic heterocycles. The van der Waals surface area contributed by atoms with Crippen LogP contribution in [0.1, 0.15) is 42.9 Å². The van der Waals surface area contributed by atoms with Gasteiger partial charge in [-0.3, -0.25) is 0 Å². The summed E-state index contributed by atoms with van der Waals surface area (Å²) in [5.41, 5.74) is 2.29. The van der Waals surface area contributed by atoms with Crippen LogP contribution < -0.4 is 10.1 Å². The Kier molecular flexibility index (Phi) is 6.05. The molecule has 134 valence electrons. The molecule has 0 spiro atoms. The van der Waals surface area contributed by atoms with Crippen LogP contribution >= 0.6 is 0 Å². The Balaban J connectivity index is 1.75. The van der Waals surface area contributed by atoms with Crippen LogP contribution in [0.3, 0.4) is 0 Å². The predicted molar refractivity (Wildman–Crippen MR) is 97.2 cm³/mol. The molecule has 4 heteroatoms. The van der Waals surface area contributed by atoms with Gasteiger partial charge in [-0.2, -0.15) is 0 Å². The van der Waals surface area contributed by atoms with Crippen LogP contribution in [-0.4, -0.2) is 24.4 Å². The number of hydrogen-bond acceptors (Lipinski definition) is 3. The first kappa shape index (κ1) is 17.9. The van der Waals surface area contributed by atoms with E-state index in [4.69, 9.17) is 4.74 Å².